The highest BCUT2D eigenvalue weighted by Gasteiger charge is 2.19. The summed E-state index contributed by atoms with van der Waals surface area (Å²) >= 11 is 1.62. The van der Waals surface area contributed by atoms with E-state index in [0.717, 1.165) is 4.88 Å². The average molecular weight is 364 g/mol. The Labute approximate surface area is 149 Å². The van der Waals surface area contributed by atoms with Crippen LogP contribution in [0.25, 0.3) is 0 Å². The number of carbonyl (C=O) groups excluding carboxylic acids is 1. The van der Waals surface area contributed by atoms with Gasteiger partial charge in [0.15, 0.2) is 11.5 Å². The number of ether oxygens (including phenoxy) is 2. The maximum Gasteiger partial charge on any atom is 0.276 e. The van der Waals surface area contributed by atoms with Crippen LogP contribution in [0.15, 0.2) is 29.6 Å². The molecule has 134 valence electrons. The van der Waals surface area contributed by atoms with Gasteiger partial charge in [-0.15, -0.1) is 11.3 Å². The van der Waals surface area contributed by atoms with Gasteiger partial charge in [-0.3, -0.25) is 14.9 Å². The number of hydrogen-bond donors (Lipinski definition) is 1. The smallest absolute Gasteiger partial charge is 0.276 e. The van der Waals surface area contributed by atoms with Gasteiger partial charge in [0.25, 0.3) is 5.69 Å². The first-order chi connectivity index (χ1) is 12.0. The molecule has 0 aliphatic rings. The lowest BCUT2D eigenvalue weighted by Gasteiger charge is -2.11. The fourth-order valence-corrected chi connectivity index (χ4v) is 3.11. The third kappa shape index (κ3) is 5.18. The topological polar surface area (TPSA) is 90.7 Å². The molecule has 0 saturated heterocycles. The minimum absolute atomic E-state index is 0.0505. The Hall–Kier alpha value is -2.61. The second-order valence-corrected chi connectivity index (χ2v) is 6.30. The lowest BCUT2D eigenvalue weighted by atomic mass is 10.1. The zero-order valence-corrected chi connectivity index (χ0v) is 14.9. The number of aryl methyl sites for hydroxylation is 1. The maximum atomic E-state index is 11.9. The Morgan fingerprint density at radius 3 is 2.56 bits per heavy atom. The summed E-state index contributed by atoms with van der Waals surface area (Å²) in [6, 6.07) is 6.86. The molecular formula is C17H20N2O5S. The van der Waals surface area contributed by atoms with Crippen LogP contribution in [0.2, 0.25) is 0 Å². The van der Waals surface area contributed by atoms with E-state index in [9.17, 15) is 14.9 Å². The lowest BCUT2D eigenvalue weighted by molar-refractivity contribution is -0.385. The molecule has 1 aromatic heterocycles. The number of nitrogens with one attached hydrogen (secondary N) is 1. The Morgan fingerprint density at radius 2 is 1.96 bits per heavy atom. The molecule has 0 radical (unpaired) electrons. The Balaban J connectivity index is 1.94. The highest BCUT2D eigenvalue weighted by Crippen LogP contribution is 2.34. The third-order valence-corrected chi connectivity index (χ3v) is 4.61. The zero-order chi connectivity index (χ0) is 18.2. The summed E-state index contributed by atoms with van der Waals surface area (Å²) in [5.41, 5.74) is 0.437. The molecule has 0 unspecified atom stereocenters. The quantitative estimate of drug-likeness (QED) is 0.546. The average Bonchev–Trinajstić information content (AvgIpc) is 3.12. The number of amides is 1. The standard InChI is InChI=1S/C17H20N2O5S/c1-23-15-10-12(14(19(21)22)11-16(15)24-2)7-8-18-17(20)6-5-13-4-3-9-25-13/h3-4,9-11H,5-8H2,1-2H3,(H,18,20). The molecule has 1 amide bonds. The minimum Gasteiger partial charge on any atom is -0.493 e. The van der Waals surface area contributed by atoms with Gasteiger partial charge in [-0.1, -0.05) is 6.07 Å². The van der Waals surface area contributed by atoms with Gasteiger partial charge < -0.3 is 14.8 Å². The molecule has 25 heavy (non-hydrogen) atoms. The van der Waals surface area contributed by atoms with Crippen LogP contribution < -0.4 is 14.8 Å². The SMILES string of the molecule is COc1cc(CCNC(=O)CCc2cccs2)c([N+](=O)[O-])cc1OC. The maximum absolute atomic E-state index is 11.9. The first-order valence-corrected chi connectivity index (χ1v) is 8.61. The van der Waals surface area contributed by atoms with E-state index in [-0.39, 0.29) is 11.6 Å². The first-order valence-electron chi connectivity index (χ1n) is 7.73. The number of hydrogen-bond acceptors (Lipinski definition) is 6. The van der Waals surface area contributed by atoms with Gasteiger partial charge in [0, 0.05) is 23.4 Å². The summed E-state index contributed by atoms with van der Waals surface area (Å²) in [5, 5.41) is 16.0. The van der Waals surface area contributed by atoms with Crippen molar-refractivity contribution in [2.45, 2.75) is 19.3 Å². The molecule has 0 aliphatic heterocycles. The molecule has 1 aromatic carbocycles. The van der Waals surface area contributed by atoms with Crippen LogP contribution in [-0.2, 0) is 17.6 Å². The lowest BCUT2D eigenvalue weighted by Crippen LogP contribution is -2.26. The van der Waals surface area contributed by atoms with Gasteiger partial charge in [-0.05, 0) is 30.4 Å². The fraction of sp³-hybridized carbons (Fsp3) is 0.353. The number of thiophene rings is 1. The molecule has 0 aliphatic carbocycles. The molecule has 0 atom stereocenters. The number of nitrogens with zero attached hydrogens (tertiary/aromatic N) is 1. The fourth-order valence-electron chi connectivity index (χ4n) is 2.40. The second kappa shape index (κ2) is 9.03. The molecular weight excluding hydrogens is 344 g/mol. The minimum atomic E-state index is -0.462. The van der Waals surface area contributed by atoms with Crippen molar-refractivity contribution in [1.29, 1.82) is 0 Å². The number of nitro groups is 1. The van der Waals surface area contributed by atoms with E-state index in [2.05, 4.69) is 5.32 Å². The number of methoxy groups -OCH3 is 2. The number of benzene rings is 1. The van der Waals surface area contributed by atoms with Crippen molar-refractivity contribution in [3.05, 3.63) is 50.2 Å². The molecule has 2 aromatic rings. The van der Waals surface area contributed by atoms with E-state index >= 15 is 0 Å². The van der Waals surface area contributed by atoms with E-state index in [1.54, 1.807) is 17.4 Å². The molecule has 1 heterocycles. The Morgan fingerprint density at radius 1 is 1.24 bits per heavy atom. The molecule has 0 fully saturated rings. The Bertz CT molecular complexity index is 731. The van der Waals surface area contributed by atoms with Gasteiger partial charge in [0.1, 0.15) is 0 Å². The molecule has 0 saturated carbocycles. The largest absolute Gasteiger partial charge is 0.493 e. The summed E-state index contributed by atoms with van der Waals surface area (Å²) in [6.45, 7) is 0.319. The molecule has 7 nitrogen and oxygen atoms in total. The van der Waals surface area contributed by atoms with Crippen LogP contribution in [0.1, 0.15) is 16.9 Å². The van der Waals surface area contributed by atoms with Gasteiger partial charge in [-0.2, -0.15) is 0 Å². The molecule has 2 rings (SSSR count). The van der Waals surface area contributed by atoms with Crippen LogP contribution >= 0.6 is 11.3 Å². The number of rotatable bonds is 9. The summed E-state index contributed by atoms with van der Waals surface area (Å²) < 4.78 is 10.3. The summed E-state index contributed by atoms with van der Waals surface area (Å²) in [4.78, 5) is 23.8. The van der Waals surface area contributed by atoms with Crippen LogP contribution in [-0.4, -0.2) is 31.6 Å². The van der Waals surface area contributed by atoms with Crippen LogP contribution in [0.5, 0.6) is 11.5 Å². The molecule has 8 heteroatoms. The molecule has 1 N–H and O–H groups in total. The summed E-state index contributed by atoms with van der Waals surface area (Å²) in [7, 11) is 2.90. The van der Waals surface area contributed by atoms with Crippen molar-refractivity contribution in [3.63, 3.8) is 0 Å². The van der Waals surface area contributed by atoms with Gasteiger partial charge in [-0.25, -0.2) is 0 Å². The van der Waals surface area contributed by atoms with Crippen molar-refractivity contribution < 1.29 is 19.2 Å². The van der Waals surface area contributed by atoms with Crippen LogP contribution in [0.4, 0.5) is 5.69 Å². The predicted molar refractivity (Wildman–Crippen MR) is 95.6 cm³/mol. The highest BCUT2D eigenvalue weighted by molar-refractivity contribution is 7.09. The second-order valence-electron chi connectivity index (χ2n) is 5.27. The summed E-state index contributed by atoms with van der Waals surface area (Å²) in [6.07, 6.45) is 1.43. The van der Waals surface area contributed by atoms with Crippen molar-refractivity contribution in [1.82, 2.24) is 5.32 Å². The van der Waals surface area contributed by atoms with Gasteiger partial charge >= 0.3 is 0 Å². The first kappa shape index (κ1) is 18.7. The van der Waals surface area contributed by atoms with Gasteiger partial charge in [0.05, 0.1) is 25.2 Å². The molecule has 0 spiro atoms. The van der Waals surface area contributed by atoms with E-state index in [1.807, 2.05) is 17.5 Å². The monoisotopic (exact) mass is 364 g/mol. The van der Waals surface area contributed by atoms with Crippen molar-refractivity contribution in [3.8, 4) is 11.5 Å². The van der Waals surface area contributed by atoms with Crippen LogP contribution in [0, 0.1) is 10.1 Å². The third-order valence-electron chi connectivity index (χ3n) is 3.68. The van der Waals surface area contributed by atoms with E-state index in [0.29, 0.717) is 42.9 Å². The molecule has 0 bridgehead atoms. The summed E-state index contributed by atoms with van der Waals surface area (Å²) in [5.74, 6) is 0.654. The predicted octanol–water partition coefficient (Wildman–Crippen LogP) is 2.97. The normalized spacial score (nSPS) is 10.3. The van der Waals surface area contributed by atoms with Crippen molar-refractivity contribution in [2.24, 2.45) is 0 Å². The van der Waals surface area contributed by atoms with E-state index in [1.165, 1.54) is 20.3 Å². The highest BCUT2D eigenvalue weighted by atomic mass is 32.1. The van der Waals surface area contributed by atoms with Gasteiger partial charge in [0.2, 0.25) is 5.91 Å². The van der Waals surface area contributed by atoms with Crippen LogP contribution in [0.3, 0.4) is 0 Å². The number of carbonyl (C=O) groups is 1. The van der Waals surface area contributed by atoms with Crippen molar-refractivity contribution >= 4 is 22.9 Å². The van der Waals surface area contributed by atoms with Crippen molar-refractivity contribution in [2.75, 3.05) is 20.8 Å². The van der Waals surface area contributed by atoms with E-state index < -0.39 is 4.92 Å². The Kier molecular flexibility index (Phi) is 6.76. The zero-order valence-electron chi connectivity index (χ0n) is 14.1. The number of nitro benzene ring substituents is 1. The van der Waals surface area contributed by atoms with E-state index in [4.69, 9.17) is 9.47 Å².